The van der Waals surface area contributed by atoms with Crippen LogP contribution in [0, 0.1) is 17.8 Å². The van der Waals surface area contributed by atoms with Crippen LogP contribution in [0.2, 0.25) is 5.02 Å². The first kappa shape index (κ1) is 52.9. The summed E-state index contributed by atoms with van der Waals surface area (Å²) in [5.74, 6) is -1.18. The molecule has 67 heavy (non-hydrogen) atoms. The lowest BCUT2D eigenvalue weighted by Crippen LogP contribution is -2.63. The number of allylic oxidation sites excluding steroid dienone is 3. The zero-order valence-electron chi connectivity index (χ0n) is 39.0. The first-order valence-corrected chi connectivity index (χ1v) is 25.0. The van der Waals surface area contributed by atoms with Gasteiger partial charge >= 0.3 is 12.1 Å². The summed E-state index contributed by atoms with van der Waals surface area (Å²) < 4.78 is 36.6. The minimum absolute atomic E-state index is 0.00929. The van der Waals surface area contributed by atoms with Crippen LogP contribution in [-0.2, 0) is 54.1 Å². The number of thioether (sulfide) groups is 1. The average Bonchev–Trinajstić information content (AvgIpc) is 3.90. The van der Waals surface area contributed by atoms with E-state index >= 15 is 0 Å². The number of hydrogen-bond donors (Lipinski definition) is 3. The molecule has 1 aliphatic carbocycles. The molecule has 18 nitrogen and oxygen atoms in total. The predicted molar refractivity (Wildman–Crippen MR) is 257 cm³/mol. The zero-order valence-corrected chi connectivity index (χ0v) is 42.8. The Morgan fingerprint density at radius 3 is 2.52 bits per heavy atom. The quantitative estimate of drug-likeness (QED) is 0.0423. The molecule has 0 spiro atoms. The number of ether oxygens (including phenoxy) is 6. The summed E-state index contributed by atoms with van der Waals surface area (Å²) in [6, 6.07) is 3.58. The van der Waals surface area contributed by atoms with Gasteiger partial charge in [0.05, 0.1) is 50.2 Å². The number of nitrogens with one attached hydrogen (secondary N) is 2. The third-order valence-corrected chi connectivity index (χ3v) is 15.1. The second-order valence-corrected chi connectivity index (χ2v) is 21.4. The van der Waals surface area contributed by atoms with Crippen LogP contribution >= 0.6 is 46.2 Å². The van der Waals surface area contributed by atoms with Crippen LogP contribution in [0.15, 0.2) is 35.9 Å². The molecule has 1 saturated carbocycles. The molecule has 21 heteroatoms. The summed E-state index contributed by atoms with van der Waals surface area (Å²) >= 11 is 10.1. The minimum Gasteiger partial charge on any atom is -0.495 e. The molecule has 1 aromatic carbocycles. The van der Waals surface area contributed by atoms with Crippen molar-refractivity contribution in [2.24, 2.45) is 17.8 Å². The van der Waals surface area contributed by atoms with E-state index in [1.54, 1.807) is 55.4 Å². The van der Waals surface area contributed by atoms with Gasteiger partial charge in [0.2, 0.25) is 23.6 Å². The fourth-order valence-corrected chi connectivity index (χ4v) is 11.0. The number of likely N-dealkylation sites (tertiary alicyclic amines) is 1. The Kier molecular flexibility index (Phi) is 18.1. The Morgan fingerprint density at radius 1 is 1.10 bits per heavy atom. The first-order chi connectivity index (χ1) is 31.8. The van der Waals surface area contributed by atoms with Crippen molar-refractivity contribution < 1.29 is 62.3 Å². The van der Waals surface area contributed by atoms with Crippen LogP contribution in [0.3, 0.4) is 0 Å². The van der Waals surface area contributed by atoms with E-state index in [1.807, 2.05) is 35.9 Å². The molecule has 4 bridgehead atoms. The summed E-state index contributed by atoms with van der Waals surface area (Å²) in [6.07, 6.45) is 3.83. The van der Waals surface area contributed by atoms with E-state index in [0.29, 0.717) is 43.0 Å². The van der Waals surface area contributed by atoms with Crippen molar-refractivity contribution in [1.29, 1.82) is 0 Å². The zero-order chi connectivity index (χ0) is 48.8. The van der Waals surface area contributed by atoms with Crippen molar-refractivity contribution in [1.82, 2.24) is 18.9 Å². The number of rotatable bonds is 14. The molecular weight excluding hydrogens is 1020 g/mol. The number of carbonyl (C=O) groups excluding carboxylic acids is 6. The minimum atomic E-state index is -1.84. The van der Waals surface area contributed by atoms with Gasteiger partial charge < -0.3 is 38.4 Å². The molecule has 1 aromatic rings. The van der Waals surface area contributed by atoms with Gasteiger partial charge in [-0.15, -0.1) is 11.8 Å². The lowest BCUT2D eigenvalue weighted by atomic mass is 9.81. The van der Waals surface area contributed by atoms with Gasteiger partial charge in [-0.05, 0) is 69.6 Å². The average molecular weight is 1090 g/mol. The Bertz CT molecular complexity index is 2090. The monoisotopic (exact) mass is 1090 g/mol. The molecule has 0 aromatic heterocycles. The fourth-order valence-electron chi connectivity index (χ4n) is 9.41. The van der Waals surface area contributed by atoms with E-state index in [2.05, 4.69) is 10.7 Å². The van der Waals surface area contributed by atoms with Gasteiger partial charge in [0.25, 0.3) is 0 Å². The first-order valence-electron chi connectivity index (χ1n) is 22.6. The normalized spacial score (nSPS) is 32.7. The van der Waals surface area contributed by atoms with Gasteiger partial charge in [0.15, 0.2) is 5.72 Å². The number of benzene rings is 1. The van der Waals surface area contributed by atoms with Crippen molar-refractivity contribution in [2.45, 2.75) is 120 Å². The van der Waals surface area contributed by atoms with Crippen LogP contribution in [0.25, 0.3) is 0 Å². The molecular formula is C46H63ClIN5O13S. The largest absolute Gasteiger partial charge is 0.495 e. The number of fused-ring (bicyclic) bond motifs is 5. The molecule has 2 unspecified atom stereocenters. The number of halogens is 2. The van der Waals surface area contributed by atoms with E-state index < -0.39 is 64.9 Å². The molecule has 5 aliphatic rings. The van der Waals surface area contributed by atoms with Crippen LogP contribution in [0.5, 0.6) is 5.75 Å². The highest BCUT2D eigenvalue weighted by molar-refractivity contribution is 14.1. The Labute approximate surface area is 414 Å². The van der Waals surface area contributed by atoms with Crippen molar-refractivity contribution in [3.63, 3.8) is 0 Å². The lowest BCUT2D eigenvalue weighted by molar-refractivity contribution is -0.155. The van der Waals surface area contributed by atoms with Gasteiger partial charge in [-0.3, -0.25) is 39.6 Å². The number of carbonyl (C=O) groups is 6. The summed E-state index contributed by atoms with van der Waals surface area (Å²) in [5.41, 5.74) is 1.87. The van der Waals surface area contributed by atoms with Crippen LogP contribution in [0.4, 0.5) is 10.5 Å². The summed E-state index contributed by atoms with van der Waals surface area (Å²) in [4.78, 5) is 81.9. The Morgan fingerprint density at radius 2 is 1.84 bits per heavy atom. The Hall–Kier alpha value is -3.51. The van der Waals surface area contributed by atoms with Gasteiger partial charge in [-0.25, -0.2) is 4.79 Å². The summed E-state index contributed by atoms with van der Waals surface area (Å²) in [7, 11) is 6.25. The number of aliphatic hydroxyl groups is 1. The molecule has 0 radical (unpaired) electrons. The molecule has 3 N–H and O–H groups in total. The summed E-state index contributed by atoms with van der Waals surface area (Å²) in [5, 5.41) is 14.0. The highest BCUT2D eigenvalue weighted by atomic mass is 127. The second-order valence-electron chi connectivity index (χ2n) is 18.2. The fraction of sp³-hybridized carbons (Fsp3) is 0.652. The number of nitrogens with zero attached hydrogens (tertiary/aromatic N) is 3. The van der Waals surface area contributed by atoms with E-state index in [1.165, 1.54) is 35.8 Å². The maximum absolute atomic E-state index is 14.2. The number of epoxide rings is 1. The third-order valence-electron chi connectivity index (χ3n) is 13.3. The molecule has 4 fully saturated rings. The lowest BCUT2D eigenvalue weighted by Gasteiger charge is -2.42. The molecule has 3 saturated heterocycles. The Balaban J connectivity index is 1.07. The van der Waals surface area contributed by atoms with E-state index in [-0.39, 0.29) is 73.5 Å². The van der Waals surface area contributed by atoms with Crippen molar-refractivity contribution in [3.8, 4) is 5.75 Å². The van der Waals surface area contributed by atoms with E-state index in [0.717, 1.165) is 24.0 Å². The van der Waals surface area contributed by atoms with Gasteiger partial charge in [-0.1, -0.05) is 42.3 Å². The topological polar surface area (TPSA) is 215 Å². The smallest absolute Gasteiger partial charge is 0.409 e. The number of methoxy groups -OCH3 is 2. The second kappa shape index (κ2) is 22.9. The molecule has 8 atom stereocenters. The molecule has 6 rings (SSSR count). The third kappa shape index (κ3) is 13.0. The standard InChI is InChI=1S/C46H63ClIN5O13S/c1-26-9-8-10-35(62-7)46(60)24-33(64-44(59)49-46)27(2)41-45(3,66-41)36(23-37(54)51(4)31-20-29(19-26)21-32(61-6)40(31)47)65-39(56)15-16-63-17-18-67-34-22-38(55)53(43(34)58)25-28-11-13-30(14-12-28)42(57)50-52(5)48/h8-10,20-21,27-28,30,33-36,41,60H,11-19,22-25H2,1-7H3,(H,49,59)(H,50,57)/b10-8+,26-9+/t27-,28?,30?,33+,34?,35-,36+,41+,45?,46+/m1/s1. The van der Waals surface area contributed by atoms with Gasteiger partial charge in [-0.2, -0.15) is 3.22 Å². The van der Waals surface area contributed by atoms with Crippen molar-refractivity contribution in [2.75, 3.05) is 58.7 Å². The SMILES string of the molecule is COc1cc2cc(c1Cl)N(C)C(=O)C[C@H](OC(=O)CCOCCSC1CC(=O)N(CC3CCC(C(=O)NN(C)I)CC3)C1=O)C1(C)O[C@H]1[C@H](C)[C@@H]1C[C@@](O)(NC(=O)O1)[C@H](OC)/C=C/C=C(\C)C2. The van der Waals surface area contributed by atoms with E-state index in [9.17, 15) is 33.9 Å². The van der Waals surface area contributed by atoms with Gasteiger partial charge in [0.1, 0.15) is 34.7 Å². The van der Waals surface area contributed by atoms with Gasteiger partial charge in [0, 0.05) is 81.0 Å². The molecule has 4 aliphatic heterocycles. The summed E-state index contributed by atoms with van der Waals surface area (Å²) in [6.45, 7) is 6.00. The number of alkyl carbamates (subject to hydrolysis) is 1. The van der Waals surface area contributed by atoms with Crippen LogP contribution in [-0.4, -0.2) is 144 Å². The number of hydrogen-bond acceptors (Lipinski definition) is 15. The van der Waals surface area contributed by atoms with Crippen LogP contribution in [0.1, 0.15) is 77.7 Å². The highest BCUT2D eigenvalue weighted by Crippen LogP contribution is 2.49. The number of imide groups is 1. The number of anilines is 1. The number of amides is 5. The highest BCUT2D eigenvalue weighted by Gasteiger charge is 2.64. The van der Waals surface area contributed by atoms with Crippen molar-refractivity contribution >= 4 is 87.6 Å². The molecule has 4 heterocycles. The number of esters is 1. The maximum atomic E-state index is 14.2. The van der Waals surface area contributed by atoms with E-state index in [4.69, 9.17) is 40.0 Å². The molecule has 5 amide bonds. The maximum Gasteiger partial charge on any atom is 0.409 e. The predicted octanol–water partition coefficient (Wildman–Crippen LogP) is 5.05. The van der Waals surface area contributed by atoms with Crippen molar-refractivity contribution in [3.05, 3.63) is 46.5 Å². The molecule has 370 valence electrons. The number of hydrazine groups is 1. The van der Waals surface area contributed by atoms with Crippen LogP contribution < -0.4 is 20.4 Å².